The first-order chi connectivity index (χ1) is 8.60. The van der Waals surface area contributed by atoms with E-state index in [1.807, 2.05) is 6.07 Å². The molecule has 18 heavy (non-hydrogen) atoms. The van der Waals surface area contributed by atoms with Crippen LogP contribution in [0.3, 0.4) is 0 Å². The predicted octanol–water partition coefficient (Wildman–Crippen LogP) is 3.02. The highest BCUT2D eigenvalue weighted by Crippen LogP contribution is 2.28. The first-order valence-electron chi connectivity index (χ1n) is 6.31. The summed E-state index contributed by atoms with van der Waals surface area (Å²) in [4.78, 5) is 2.35. The second-order valence-corrected chi connectivity index (χ2v) is 5.63. The molecule has 4 heteroatoms. The number of benzene rings is 1. The van der Waals surface area contributed by atoms with Gasteiger partial charge in [0.05, 0.1) is 6.61 Å². The van der Waals surface area contributed by atoms with E-state index in [1.54, 1.807) is 7.11 Å². The molecule has 0 saturated heterocycles. The molecule has 0 amide bonds. The Morgan fingerprint density at radius 2 is 2.11 bits per heavy atom. The highest BCUT2D eigenvalue weighted by atomic mass is 79.9. The lowest BCUT2D eigenvalue weighted by Gasteiger charge is -2.29. The van der Waals surface area contributed by atoms with Crippen LogP contribution in [-0.2, 0) is 11.3 Å². The molecule has 0 saturated carbocycles. The van der Waals surface area contributed by atoms with Crippen molar-refractivity contribution in [2.24, 2.45) is 11.7 Å². The number of nitrogens with zero attached hydrogens (tertiary/aromatic N) is 1. The molecule has 1 aromatic rings. The number of ether oxygens (including phenoxy) is 1. The van der Waals surface area contributed by atoms with Gasteiger partial charge in [-0.3, -0.25) is 0 Å². The highest BCUT2D eigenvalue weighted by Gasteiger charge is 2.13. The van der Waals surface area contributed by atoms with Gasteiger partial charge in [0.2, 0.25) is 0 Å². The quantitative estimate of drug-likeness (QED) is 0.840. The minimum Gasteiger partial charge on any atom is -0.383 e. The van der Waals surface area contributed by atoms with Crippen LogP contribution in [0.2, 0.25) is 0 Å². The zero-order chi connectivity index (χ0) is 13.5. The summed E-state index contributed by atoms with van der Waals surface area (Å²) >= 11 is 3.57. The fourth-order valence-corrected chi connectivity index (χ4v) is 2.52. The third-order valence-corrected chi connectivity index (χ3v) is 3.53. The average Bonchev–Trinajstić information content (AvgIpc) is 2.33. The third-order valence-electron chi connectivity index (χ3n) is 2.79. The molecular formula is C14H23BrN2O. The number of methoxy groups -OCH3 is 1. The zero-order valence-corrected chi connectivity index (χ0v) is 13.0. The number of nitrogens with two attached hydrogens (primary N) is 1. The first-order valence-corrected chi connectivity index (χ1v) is 7.10. The van der Waals surface area contributed by atoms with Crippen molar-refractivity contribution in [2.75, 3.05) is 31.7 Å². The van der Waals surface area contributed by atoms with Crippen LogP contribution >= 0.6 is 15.9 Å². The van der Waals surface area contributed by atoms with Crippen molar-refractivity contribution in [3.63, 3.8) is 0 Å². The standard InChI is InChI=1S/C14H23BrN2O/c1-11(2)10-17(7-8-18-3)14-6-4-5-13(15)12(14)9-16/h4-6,11H,7-10,16H2,1-3H3. The lowest BCUT2D eigenvalue weighted by molar-refractivity contribution is 0.204. The fraction of sp³-hybridized carbons (Fsp3) is 0.571. The molecule has 0 bridgehead atoms. The minimum atomic E-state index is 0.540. The summed E-state index contributed by atoms with van der Waals surface area (Å²) in [5, 5.41) is 0. The van der Waals surface area contributed by atoms with Gasteiger partial charge in [0.25, 0.3) is 0 Å². The van der Waals surface area contributed by atoms with Crippen LogP contribution in [0.25, 0.3) is 0 Å². The Bertz CT molecular complexity index is 369. The SMILES string of the molecule is COCCN(CC(C)C)c1cccc(Br)c1CN. The molecule has 0 aliphatic heterocycles. The van der Waals surface area contributed by atoms with Crippen molar-refractivity contribution < 1.29 is 4.74 Å². The number of hydrogen-bond donors (Lipinski definition) is 1. The van der Waals surface area contributed by atoms with Crippen LogP contribution in [0, 0.1) is 5.92 Å². The maximum absolute atomic E-state index is 5.86. The Balaban J connectivity index is 2.99. The van der Waals surface area contributed by atoms with Gasteiger partial charge in [-0.25, -0.2) is 0 Å². The summed E-state index contributed by atoms with van der Waals surface area (Å²) in [5.41, 5.74) is 8.23. The van der Waals surface area contributed by atoms with Crippen molar-refractivity contribution in [3.05, 3.63) is 28.2 Å². The van der Waals surface area contributed by atoms with E-state index in [4.69, 9.17) is 10.5 Å². The number of hydrogen-bond acceptors (Lipinski definition) is 3. The van der Waals surface area contributed by atoms with Gasteiger partial charge in [-0.05, 0) is 18.1 Å². The van der Waals surface area contributed by atoms with Gasteiger partial charge in [-0.2, -0.15) is 0 Å². The van der Waals surface area contributed by atoms with E-state index in [2.05, 4.69) is 46.8 Å². The van der Waals surface area contributed by atoms with Crippen LogP contribution < -0.4 is 10.6 Å². The normalized spacial score (nSPS) is 11.0. The van der Waals surface area contributed by atoms with Gasteiger partial charge in [0, 0.05) is 42.5 Å². The van der Waals surface area contributed by atoms with Crippen molar-refractivity contribution >= 4 is 21.6 Å². The molecule has 1 aromatic carbocycles. The first kappa shape index (κ1) is 15.5. The van der Waals surface area contributed by atoms with E-state index in [9.17, 15) is 0 Å². The molecule has 0 spiro atoms. The van der Waals surface area contributed by atoms with Gasteiger partial charge < -0.3 is 15.4 Å². The van der Waals surface area contributed by atoms with Gasteiger partial charge in [0.15, 0.2) is 0 Å². The van der Waals surface area contributed by atoms with Gasteiger partial charge in [-0.15, -0.1) is 0 Å². The average molecular weight is 315 g/mol. The molecule has 0 fully saturated rings. The van der Waals surface area contributed by atoms with Gasteiger partial charge in [-0.1, -0.05) is 35.8 Å². The molecule has 0 radical (unpaired) electrons. The van der Waals surface area contributed by atoms with Crippen molar-refractivity contribution in [1.29, 1.82) is 0 Å². The zero-order valence-electron chi connectivity index (χ0n) is 11.4. The molecule has 3 nitrogen and oxygen atoms in total. The maximum Gasteiger partial charge on any atom is 0.0637 e. The monoisotopic (exact) mass is 314 g/mol. The molecule has 0 aliphatic carbocycles. The van der Waals surface area contributed by atoms with Crippen LogP contribution in [0.5, 0.6) is 0 Å². The van der Waals surface area contributed by atoms with Crippen LogP contribution in [-0.4, -0.2) is 26.8 Å². The van der Waals surface area contributed by atoms with E-state index in [1.165, 1.54) is 5.69 Å². The Kier molecular flexibility index (Phi) is 6.68. The van der Waals surface area contributed by atoms with Crippen LogP contribution in [0.4, 0.5) is 5.69 Å². The summed E-state index contributed by atoms with van der Waals surface area (Å²) in [7, 11) is 1.73. The number of halogens is 1. The minimum absolute atomic E-state index is 0.540. The summed E-state index contributed by atoms with van der Waals surface area (Å²) in [5.74, 6) is 0.603. The number of anilines is 1. The molecule has 0 atom stereocenters. The van der Waals surface area contributed by atoms with Crippen LogP contribution in [0.15, 0.2) is 22.7 Å². The largest absolute Gasteiger partial charge is 0.383 e. The Labute approximate surface area is 118 Å². The maximum atomic E-state index is 5.86. The van der Waals surface area contributed by atoms with Gasteiger partial charge >= 0.3 is 0 Å². The summed E-state index contributed by atoms with van der Waals surface area (Å²) in [6, 6.07) is 6.22. The Morgan fingerprint density at radius 1 is 1.39 bits per heavy atom. The predicted molar refractivity (Wildman–Crippen MR) is 81.0 cm³/mol. The topological polar surface area (TPSA) is 38.5 Å². The Hall–Kier alpha value is -0.580. The molecular weight excluding hydrogens is 292 g/mol. The highest BCUT2D eigenvalue weighted by molar-refractivity contribution is 9.10. The lowest BCUT2D eigenvalue weighted by Crippen LogP contribution is -2.32. The van der Waals surface area contributed by atoms with E-state index < -0.39 is 0 Å². The summed E-state index contributed by atoms with van der Waals surface area (Å²) in [6.07, 6.45) is 0. The second-order valence-electron chi connectivity index (χ2n) is 4.77. The summed E-state index contributed by atoms with van der Waals surface area (Å²) in [6.45, 7) is 7.60. The van der Waals surface area contributed by atoms with E-state index in [0.717, 1.165) is 29.7 Å². The molecule has 102 valence electrons. The fourth-order valence-electron chi connectivity index (χ4n) is 2.00. The van der Waals surface area contributed by atoms with E-state index in [-0.39, 0.29) is 0 Å². The molecule has 0 heterocycles. The molecule has 0 aromatic heterocycles. The second kappa shape index (κ2) is 7.77. The van der Waals surface area contributed by atoms with Gasteiger partial charge in [0.1, 0.15) is 0 Å². The lowest BCUT2D eigenvalue weighted by atomic mass is 10.1. The molecule has 0 unspecified atom stereocenters. The van der Waals surface area contributed by atoms with E-state index >= 15 is 0 Å². The van der Waals surface area contributed by atoms with Crippen LogP contribution in [0.1, 0.15) is 19.4 Å². The molecule has 1 rings (SSSR count). The third kappa shape index (κ3) is 4.26. The van der Waals surface area contributed by atoms with E-state index in [0.29, 0.717) is 12.5 Å². The molecule has 0 aliphatic rings. The molecule has 2 N–H and O–H groups in total. The summed E-state index contributed by atoms with van der Waals surface area (Å²) < 4.78 is 6.27. The van der Waals surface area contributed by atoms with Crippen molar-refractivity contribution in [3.8, 4) is 0 Å². The smallest absolute Gasteiger partial charge is 0.0637 e. The van der Waals surface area contributed by atoms with Crippen molar-refractivity contribution in [1.82, 2.24) is 0 Å². The Morgan fingerprint density at radius 3 is 2.67 bits per heavy atom. The number of rotatable bonds is 7. The van der Waals surface area contributed by atoms with Crippen molar-refractivity contribution in [2.45, 2.75) is 20.4 Å².